The summed E-state index contributed by atoms with van der Waals surface area (Å²) in [7, 11) is 2.02. The van der Waals surface area contributed by atoms with E-state index in [1.165, 1.54) is 0 Å². The summed E-state index contributed by atoms with van der Waals surface area (Å²) in [4.78, 5) is 11.2. The molecule has 4 nitrogen and oxygen atoms in total. The first-order valence-electron chi connectivity index (χ1n) is 7.39. The van der Waals surface area contributed by atoms with E-state index in [2.05, 4.69) is 20.9 Å². The number of ether oxygens (including phenoxy) is 1. The fourth-order valence-electron chi connectivity index (χ4n) is 2.48. The van der Waals surface area contributed by atoms with E-state index in [1.54, 1.807) is 0 Å². The van der Waals surface area contributed by atoms with Crippen molar-refractivity contribution in [1.29, 1.82) is 0 Å². The largest absolute Gasteiger partial charge is 0.494 e. The predicted octanol–water partition coefficient (Wildman–Crippen LogP) is 4.10. The molecule has 0 saturated heterocycles. The number of rotatable bonds is 4. The molecule has 0 aliphatic heterocycles. The normalized spacial score (nSPS) is 10.7. The summed E-state index contributed by atoms with van der Waals surface area (Å²) in [6.45, 7) is 4.57. The molecule has 4 heteroatoms. The Hall–Kier alpha value is -2.62. The van der Waals surface area contributed by atoms with Crippen molar-refractivity contribution in [2.45, 2.75) is 13.8 Å². The number of fused-ring (bicyclic) bond motifs is 1. The fraction of sp³-hybridized carbons (Fsp3) is 0.222. The Balaban J connectivity index is 2.02. The van der Waals surface area contributed by atoms with E-state index in [0.717, 1.165) is 34.0 Å². The van der Waals surface area contributed by atoms with Crippen LogP contribution < -0.4 is 9.64 Å². The van der Waals surface area contributed by atoms with Gasteiger partial charge in [-0.25, -0.2) is 9.97 Å². The predicted molar refractivity (Wildman–Crippen MR) is 89.9 cm³/mol. The molecule has 0 radical (unpaired) electrons. The third-order valence-corrected chi connectivity index (χ3v) is 3.55. The molecule has 112 valence electrons. The molecule has 0 spiro atoms. The number of nitrogens with zero attached hydrogens (tertiary/aromatic N) is 3. The van der Waals surface area contributed by atoms with Crippen LogP contribution in [0.5, 0.6) is 5.75 Å². The lowest BCUT2D eigenvalue weighted by Crippen LogP contribution is -2.13. The van der Waals surface area contributed by atoms with E-state index in [-0.39, 0.29) is 0 Å². The number of benzene rings is 2. The van der Waals surface area contributed by atoms with E-state index in [1.807, 2.05) is 63.4 Å². The van der Waals surface area contributed by atoms with Crippen LogP contribution in [-0.2, 0) is 0 Å². The highest BCUT2D eigenvalue weighted by Gasteiger charge is 2.11. The van der Waals surface area contributed by atoms with E-state index >= 15 is 0 Å². The molecular formula is C18H19N3O. The van der Waals surface area contributed by atoms with Gasteiger partial charge in [0.05, 0.1) is 12.1 Å². The summed E-state index contributed by atoms with van der Waals surface area (Å²) < 4.78 is 5.49. The Labute approximate surface area is 130 Å². The molecule has 3 rings (SSSR count). The Bertz CT molecular complexity index is 784. The van der Waals surface area contributed by atoms with Crippen molar-refractivity contribution in [1.82, 2.24) is 9.97 Å². The summed E-state index contributed by atoms with van der Waals surface area (Å²) in [5.74, 6) is 2.56. The van der Waals surface area contributed by atoms with Crippen molar-refractivity contribution in [3.8, 4) is 5.75 Å². The fourth-order valence-corrected chi connectivity index (χ4v) is 2.48. The second-order valence-electron chi connectivity index (χ2n) is 5.10. The first-order chi connectivity index (χ1) is 10.7. The molecule has 0 aliphatic rings. The van der Waals surface area contributed by atoms with Gasteiger partial charge in [0.25, 0.3) is 0 Å². The van der Waals surface area contributed by atoms with Gasteiger partial charge < -0.3 is 9.64 Å². The van der Waals surface area contributed by atoms with E-state index < -0.39 is 0 Å². The molecule has 0 unspecified atom stereocenters. The highest BCUT2D eigenvalue weighted by Crippen LogP contribution is 2.29. The van der Waals surface area contributed by atoms with Crippen LogP contribution in [0, 0.1) is 6.92 Å². The molecular weight excluding hydrogens is 274 g/mol. The molecule has 1 heterocycles. The minimum Gasteiger partial charge on any atom is -0.494 e. The summed E-state index contributed by atoms with van der Waals surface area (Å²) in [5.41, 5.74) is 2.02. The quantitative estimate of drug-likeness (QED) is 0.725. The van der Waals surface area contributed by atoms with Crippen molar-refractivity contribution in [2.75, 3.05) is 18.6 Å². The van der Waals surface area contributed by atoms with E-state index in [4.69, 9.17) is 4.74 Å². The molecule has 0 atom stereocenters. The number of para-hydroxylation sites is 1. The van der Waals surface area contributed by atoms with Crippen LogP contribution >= 0.6 is 0 Å². The van der Waals surface area contributed by atoms with Gasteiger partial charge in [0.15, 0.2) is 0 Å². The van der Waals surface area contributed by atoms with Crippen LogP contribution in [0.15, 0.2) is 48.5 Å². The topological polar surface area (TPSA) is 38.2 Å². The smallest absolute Gasteiger partial charge is 0.144 e. The second kappa shape index (κ2) is 6.02. The van der Waals surface area contributed by atoms with Gasteiger partial charge in [-0.2, -0.15) is 0 Å². The first-order valence-corrected chi connectivity index (χ1v) is 7.39. The van der Waals surface area contributed by atoms with Gasteiger partial charge in [0.2, 0.25) is 0 Å². The van der Waals surface area contributed by atoms with Crippen LogP contribution in [0.2, 0.25) is 0 Å². The van der Waals surface area contributed by atoms with Crippen molar-refractivity contribution >= 4 is 22.4 Å². The number of aryl methyl sites for hydroxylation is 1. The summed E-state index contributed by atoms with van der Waals surface area (Å²) >= 11 is 0. The number of aromatic nitrogens is 2. The molecule has 0 bridgehead atoms. The minimum absolute atomic E-state index is 0.672. The zero-order valence-corrected chi connectivity index (χ0v) is 13.1. The van der Waals surface area contributed by atoms with Gasteiger partial charge in [-0.3, -0.25) is 0 Å². The number of hydrogen-bond donors (Lipinski definition) is 0. The van der Waals surface area contributed by atoms with Crippen molar-refractivity contribution in [2.24, 2.45) is 0 Å². The Morgan fingerprint density at radius 3 is 2.45 bits per heavy atom. The van der Waals surface area contributed by atoms with Crippen molar-refractivity contribution < 1.29 is 4.74 Å². The Morgan fingerprint density at radius 2 is 1.73 bits per heavy atom. The van der Waals surface area contributed by atoms with Crippen LogP contribution in [0.25, 0.3) is 10.9 Å². The molecule has 0 fully saturated rings. The monoisotopic (exact) mass is 293 g/mol. The molecule has 2 aromatic carbocycles. The number of hydrogen-bond acceptors (Lipinski definition) is 4. The molecule has 3 aromatic rings. The van der Waals surface area contributed by atoms with Crippen molar-refractivity contribution in [3.63, 3.8) is 0 Å². The van der Waals surface area contributed by atoms with Crippen LogP contribution in [0.4, 0.5) is 11.5 Å². The van der Waals surface area contributed by atoms with Crippen molar-refractivity contribution in [3.05, 3.63) is 54.4 Å². The second-order valence-corrected chi connectivity index (χ2v) is 5.10. The van der Waals surface area contributed by atoms with E-state index in [9.17, 15) is 0 Å². The molecule has 0 amide bonds. The van der Waals surface area contributed by atoms with Gasteiger partial charge in [-0.15, -0.1) is 0 Å². The molecule has 22 heavy (non-hydrogen) atoms. The third-order valence-electron chi connectivity index (χ3n) is 3.55. The average Bonchev–Trinajstić information content (AvgIpc) is 2.54. The first kappa shape index (κ1) is 14.3. The maximum atomic E-state index is 5.49. The third kappa shape index (κ3) is 2.72. The highest BCUT2D eigenvalue weighted by atomic mass is 16.5. The lowest BCUT2D eigenvalue weighted by Gasteiger charge is -2.20. The molecule has 0 saturated carbocycles. The van der Waals surface area contributed by atoms with Gasteiger partial charge in [0.1, 0.15) is 17.4 Å². The SMILES string of the molecule is CCOc1ccc(N(C)c2nc(C)nc3ccccc23)cc1. The Morgan fingerprint density at radius 1 is 1.00 bits per heavy atom. The zero-order chi connectivity index (χ0) is 15.5. The van der Waals surface area contributed by atoms with Gasteiger partial charge in [0, 0.05) is 18.1 Å². The molecule has 1 aromatic heterocycles. The summed E-state index contributed by atoms with van der Waals surface area (Å²) in [6.07, 6.45) is 0. The average molecular weight is 293 g/mol. The van der Waals surface area contributed by atoms with Crippen LogP contribution in [0.1, 0.15) is 12.7 Å². The summed E-state index contributed by atoms with van der Waals surface area (Å²) in [5, 5.41) is 1.05. The minimum atomic E-state index is 0.672. The summed E-state index contributed by atoms with van der Waals surface area (Å²) in [6, 6.07) is 16.1. The van der Waals surface area contributed by atoms with Gasteiger partial charge in [-0.05, 0) is 50.2 Å². The van der Waals surface area contributed by atoms with Gasteiger partial charge >= 0.3 is 0 Å². The molecule has 0 N–H and O–H groups in total. The van der Waals surface area contributed by atoms with Gasteiger partial charge in [-0.1, -0.05) is 12.1 Å². The molecule has 0 aliphatic carbocycles. The number of anilines is 2. The highest BCUT2D eigenvalue weighted by molar-refractivity contribution is 5.91. The maximum Gasteiger partial charge on any atom is 0.144 e. The maximum absolute atomic E-state index is 5.49. The van der Waals surface area contributed by atoms with E-state index in [0.29, 0.717) is 6.61 Å². The lowest BCUT2D eigenvalue weighted by molar-refractivity contribution is 0.340. The standard InChI is InChI=1S/C18H19N3O/c1-4-22-15-11-9-14(10-12-15)21(3)18-16-7-5-6-8-17(16)19-13(2)20-18/h5-12H,4H2,1-3H3. The lowest BCUT2D eigenvalue weighted by atomic mass is 10.2. The van der Waals surface area contributed by atoms with Crippen LogP contribution in [0.3, 0.4) is 0 Å². The van der Waals surface area contributed by atoms with Crippen LogP contribution in [-0.4, -0.2) is 23.6 Å². The zero-order valence-electron chi connectivity index (χ0n) is 13.1. The Kier molecular flexibility index (Phi) is 3.92.